The zero-order valence-electron chi connectivity index (χ0n) is 14.3. The molecular weight excluding hydrogens is 423 g/mol. The Morgan fingerprint density at radius 1 is 1.11 bits per heavy atom. The molecule has 1 saturated heterocycles. The maximum atomic E-state index is 12.6. The highest BCUT2D eigenvalue weighted by atomic mass is 35.5. The van der Waals surface area contributed by atoms with Gasteiger partial charge >= 0.3 is 0 Å². The lowest BCUT2D eigenvalue weighted by Gasteiger charge is -2.35. The quantitative estimate of drug-likeness (QED) is 0.602. The van der Waals surface area contributed by atoms with Gasteiger partial charge in [0.05, 0.1) is 26.4 Å². The summed E-state index contributed by atoms with van der Waals surface area (Å²) >= 11 is 14.9. The number of nitrogens with zero attached hydrogens (tertiary/aromatic N) is 4. The number of halogens is 2. The summed E-state index contributed by atoms with van der Waals surface area (Å²) in [6.07, 6.45) is 1.98. The van der Waals surface area contributed by atoms with Gasteiger partial charge in [0.1, 0.15) is 10.8 Å². The molecule has 0 saturated carbocycles. The SMILES string of the molecule is O=C(Cc1csc(-c2ccc(Cl)s2)n1)N1CCN(c2ccc(Cl)cn2)CC1. The second-order valence-electron chi connectivity index (χ2n) is 6.13. The Balaban J connectivity index is 1.33. The van der Waals surface area contributed by atoms with Crippen molar-refractivity contribution in [3.05, 3.63) is 50.9 Å². The molecular formula is C18H16Cl2N4OS2. The number of pyridine rings is 1. The minimum absolute atomic E-state index is 0.111. The van der Waals surface area contributed by atoms with E-state index in [1.54, 1.807) is 17.5 Å². The Morgan fingerprint density at radius 2 is 1.93 bits per heavy atom. The van der Waals surface area contributed by atoms with Crippen molar-refractivity contribution >= 4 is 57.6 Å². The van der Waals surface area contributed by atoms with E-state index in [9.17, 15) is 4.79 Å². The number of piperazine rings is 1. The van der Waals surface area contributed by atoms with E-state index in [0.717, 1.165) is 38.8 Å². The molecule has 0 aliphatic carbocycles. The first-order chi connectivity index (χ1) is 13.1. The number of thiophene rings is 1. The molecule has 5 nitrogen and oxygen atoms in total. The molecule has 1 amide bonds. The standard InChI is InChI=1S/C18H16Cl2N4OS2/c19-12-1-4-16(21-10-12)23-5-7-24(8-6-23)17(25)9-13-11-26-18(22-13)14-2-3-15(20)27-14/h1-4,10-11H,5-9H2. The Hall–Kier alpha value is -1.67. The second-order valence-corrected chi connectivity index (χ2v) is 9.14. The van der Waals surface area contributed by atoms with Crippen LogP contribution in [0.4, 0.5) is 5.82 Å². The molecule has 4 rings (SSSR count). The summed E-state index contributed by atoms with van der Waals surface area (Å²) in [4.78, 5) is 26.7. The molecule has 140 valence electrons. The summed E-state index contributed by atoms with van der Waals surface area (Å²) in [6.45, 7) is 2.88. The van der Waals surface area contributed by atoms with E-state index in [4.69, 9.17) is 23.2 Å². The van der Waals surface area contributed by atoms with Crippen molar-refractivity contribution in [1.82, 2.24) is 14.9 Å². The fraction of sp³-hybridized carbons (Fsp3) is 0.278. The minimum Gasteiger partial charge on any atom is -0.353 e. The first-order valence-corrected chi connectivity index (χ1v) is 10.9. The zero-order chi connectivity index (χ0) is 18.8. The highest BCUT2D eigenvalue weighted by molar-refractivity contribution is 7.23. The van der Waals surface area contributed by atoms with E-state index in [0.29, 0.717) is 24.5 Å². The molecule has 0 radical (unpaired) electrons. The number of carbonyl (C=O) groups is 1. The molecule has 0 bridgehead atoms. The molecule has 9 heteroatoms. The monoisotopic (exact) mass is 438 g/mol. The first-order valence-electron chi connectivity index (χ1n) is 8.43. The van der Waals surface area contributed by atoms with Gasteiger partial charge in [0.2, 0.25) is 5.91 Å². The molecule has 1 fully saturated rings. The van der Waals surface area contributed by atoms with Gasteiger partial charge in [-0.2, -0.15) is 0 Å². The maximum absolute atomic E-state index is 12.6. The molecule has 3 aromatic rings. The number of thiazole rings is 1. The lowest BCUT2D eigenvalue weighted by Crippen LogP contribution is -2.49. The van der Waals surface area contributed by atoms with Crippen molar-refractivity contribution in [2.24, 2.45) is 0 Å². The molecule has 0 spiro atoms. The average Bonchev–Trinajstić information content (AvgIpc) is 3.31. The first kappa shape index (κ1) is 18.7. The van der Waals surface area contributed by atoms with Gasteiger partial charge < -0.3 is 9.80 Å². The largest absolute Gasteiger partial charge is 0.353 e. The van der Waals surface area contributed by atoms with E-state index < -0.39 is 0 Å². The molecule has 1 aliphatic heterocycles. The predicted molar refractivity (Wildman–Crippen MR) is 112 cm³/mol. The molecule has 0 unspecified atom stereocenters. The smallest absolute Gasteiger partial charge is 0.228 e. The Kier molecular flexibility index (Phi) is 5.63. The highest BCUT2D eigenvalue weighted by Gasteiger charge is 2.22. The molecule has 0 N–H and O–H groups in total. The molecule has 0 atom stereocenters. The van der Waals surface area contributed by atoms with Gasteiger partial charge in [-0.15, -0.1) is 22.7 Å². The van der Waals surface area contributed by atoms with E-state index in [2.05, 4.69) is 14.9 Å². The summed E-state index contributed by atoms with van der Waals surface area (Å²) in [6, 6.07) is 7.57. The van der Waals surface area contributed by atoms with Crippen LogP contribution >= 0.6 is 45.9 Å². The summed E-state index contributed by atoms with van der Waals surface area (Å²) in [5, 5.41) is 3.49. The lowest BCUT2D eigenvalue weighted by molar-refractivity contribution is -0.130. The summed E-state index contributed by atoms with van der Waals surface area (Å²) < 4.78 is 0.742. The highest BCUT2D eigenvalue weighted by Crippen LogP contribution is 2.33. The van der Waals surface area contributed by atoms with Gasteiger partial charge in [-0.3, -0.25) is 4.79 Å². The van der Waals surface area contributed by atoms with Crippen LogP contribution < -0.4 is 4.90 Å². The third kappa shape index (κ3) is 4.43. The number of rotatable bonds is 4. The molecule has 3 aromatic heterocycles. The van der Waals surface area contributed by atoms with Crippen LogP contribution in [0.1, 0.15) is 5.69 Å². The summed E-state index contributed by atoms with van der Waals surface area (Å²) in [5.74, 6) is 1.00. The van der Waals surface area contributed by atoms with Crippen LogP contribution in [0, 0.1) is 0 Å². The average molecular weight is 439 g/mol. The van der Waals surface area contributed by atoms with Gasteiger partial charge in [0.15, 0.2) is 0 Å². The lowest BCUT2D eigenvalue weighted by atomic mass is 10.2. The van der Waals surface area contributed by atoms with Crippen molar-refractivity contribution in [3.8, 4) is 9.88 Å². The third-order valence-electron chi connectivity index (χ3n) is 4.34. The zero-order valence-corrected chi connectivity index (χ0v) is 17.4. The van der Waals surface area contributed by atoms with E-state index in [1.807, 2.05) is 34.5 Å². The van der Waals surface area contributed by atoms with Gasteiger partial charge in [0.25, 0.3) is 0 Å². The van der Waals surface area contributed by atoms with Crippen molar-refractivity contribution in [3.63, 3.8) is 0 Å². The number of aromatic nitrogens is 2. The van der Waals surface area contributed by atoms with Gasteiger partial charge in [-0.1, -0.05) is 23.2 Å². The Morgan fingerprint density at radius 3 is 2.59 bits per heavy atom. The van der Waals surface area contributed by atoms with Crippen molar-refractivity contribution < 1.29 is 4.79 Å². The Bertz CT molecular complexity index is 933. The van der Waals surface area contributed by atoms with Crippen LogP contribution in [0.15, 0.2) is 35.8 Å². The topological polar surface area (TPSA) is 49.3 Å². The molecule has 4 heterocycles. The fourth-order valence-corrected chi connectivity index (χ4v) is 4.98. The number of amides is 1. The van der Waals surface area contributed by atoms with Crippen LogP contribution in [0.5, 0.6) is 0 Å². The molecule has 0 aromatic carbocycles. The number of anilines is 1. The van der Waals surface area contributed by atoms with Crippen LogP contribution in [-0.4, -0.2) is 47.0 Å². The normalized spacial score (nSPS) is 14.6. The Labute approximate surface area is 175 Å². The second kappa shape index (κ2) is 8.14. The van der Waals surface area contributed by atoms with E-state index >= 15 is 0 Å². The van der Waals surface area contributed by atoms with E-state index in [-0.39, 0.29) is 5.91 Å². The third-order valence-corrected chi connectivity index (χ3v) is 6.85. The van der Waals surface area contributed by atoms with Crippen LogP contribution in [0.25, 0.3) is 9.88 Å². The van der Waals surface area contributed by atoms with Gasteiger partial charge in [-0.05, 0) is 24.3 Å². The number of hydrogen-bond acceptors (Lipinski definition) is 6. The molecule has 27 heavy (non-hydrogen) atoms. The van der Waals surface area contributed by atoms with Crippen molar-refractivity contribution in [2.75, 3.05) is 31.1 Å². The van der Waals surface area contributed by atoms with Crippen LogP contribution in [0.2, 0.25) is 9.36 Å². The maximum Gasteiger partial charge on any atom is 0.228 e. The predicted octanol–water partition coefficient (Wildman–Crippen LogP) is 4.46. The van der Waals surface area contributed by atoms with E-state index in [1.165, 1.54) is 11.3 Å². The summed E-state index contributed by atoms with van der Waals surface area (Å²) in [5.41, 5.74) is 0.811. The van der Waals surface area contributed by atoms with Crippen molar-refractivity contribution in [1.29, 1.82) is 0 Å². The molecule has 1 aliphatic rings. The van der Waals surface area contributed by atoms with Crippen LogP contribution in [0.3, 0.4) is 0 Å². The van der Waals surface area contributed by atoms with Gasteiger partial charge in [-0.25, -0.2) is 9.97 Å². The van der Waals surface area contributed by atoms with Crippen LogP contribution in [-0.2, 0) is 11.2 Å². The van der Waals surface area contributed by atoms with Gasteiger partial charge in [0, 0.05) is 37.8 Å². The van der Waals surface area contributed by atoms with Crippen molar-refractivity contribution in [2.45, 2.75) is 6.42 Å². The fourth-order valence-electron chi connectivity index (χ4n) is 2.94. The minimum atomic E-state index is 0.111. The number of carbonyl (C=O) groups excluding carboxylic acids is 1. The number of hydrogen-bond donors (Lipinski definition) is 0. The summed E-state index contributed by atoms with van der Waals surface area (Å²) in [7, 11) is 0.